The van der Waals surface area contributed by atoms with Gasteiger partial charge in [-0.25, -0.2) is 0 Å². The second-order valence-corrected chi connectivity index (χ2v) is 19.1. The molecule has 0 amide bonds. The Kier molecular flexibility index (Phi) is 8.78. The van der Waals surface area contributed by atoms with Crippen LogP contribution in [0.5, 0.6) is 0 Å². The van der Waals surface area contributed by atoms with Crippen molar-refractivity contribution < 1.29 is 0 Å². The Hall–Kier alpha value is 0. The van der Waals surface area contributed by atoms with E-state index in [0.29, 0.717) is 16.2 Å². The maximum Gasteiger partial charge on any atom is -0.0215 e. The SMILES string of the molecule is CC1CCC(CC(C)CC2CCC3CC4(C)CC5(C)CC(C)C(C(C)C)C(C)C5(C)C(C)C4C(C)C3C2C)CC1. The molecular weight excluding hydrogens is 480 g/mol. The van der Waals surface area contributed by atoms with Gasteiger partial charge in [-0.1, -0.05) is 109 Å². The summed E-state index contributed by atoms with van der Waals surface area (Å²) in [5.74, 6) is 12.8. The van der Waals surface area contributed by atoms with E-state index in [1.165, 1.54) is 70.6 Å². The molecule has 0 aromatic carbocycles. The molecule has 5 fully saturated rings. The Morgan fingerprint density at radius 1 is 0.700 bits per heavy atom. The molecule has 0 nitrogen and oxygen atoms in total. The summed E-state index contributed by atoms with van der Waals surface area (Å²) in [5, 5.41) is 0. The molecule has 0 radical (unpaired) electrons. The van der Waals surface area contributed by atoms with Crippen molar-refractivity contribution in [3.05, 3.63) is 0 Å². The molecule has 0 saturated heterocycles. The van der Waals surface area contributed by atoms with Crippen molar-refractivity contribution in [2.45, 2.75) is 154 Å². The number of fused-ring (bicyclic) bond motifs is 3. The van der Waals surface area contributed by atoms with Gasteiger partial charge < -0.3 is 0 Å². The van der Waals surface area contributed by atoms with Crippen LogP contribution in [-0.2, 0) is 0 Å². The van der Waals surface area contributed by atoms with Gasteiger partial charge in [-0.3, -0.25) is 0 Å². The highest BCUT2D eigenvalue weighted by Gasteiger charge is 2.68. The Labute approximate surface area is 252 Å². The lowest BCUT2D eigenvalue weighted by Crippen LogP contribution is -2.66. The summed E-state index contributed by atoms with van der Waals surface area (Å²) in [7, 11) is 0. The first-order valence-electron chi connectivity index (χ1n) is 18.6. The summed E-state index contributed by atoms with van der Waals surface area (Å²) in [5.41, 5.74) is 1.49. The number of rotatable bonds is 5. The molecule has 14 atom stereocenters. The van der Waals surface area contributed by atoms with Gasteiger partial charge in [-0.2, -0.15) is 0 Å². The Balaban J connectivity index is 1.34. The number of hydrogen-bond donors (Lipinski definition) is 0. The van der Waals surface area contributed by atoms with Crippen molar-refractivity contribution in [1.82, 2.24) is 0 Å². The molecule has 5 rings (SSSR count). The molecule has 5 saturated carbocycles. The second kappa shape index (κ2) is 11.2. The fourth-order valence-corrected chi connectivity index (χ4v) is 14.9. The third-order valence-corrected chi connectivity index (χ3v) is 16.4. The van der Waals surface area contributed by atoms with Gasteiger partial charge in [0.05, 0.1) is 0 Å². The van der Waals surface area contributed by atoms with E-state index in [9.17, 15) is 0 Å². The zero-order valence-corrected chi connectivity index (χ0v) is 29.4. The van der Waals surface area contributed by atoms with Crippen molar-refractivity contribution in [1.29, 1.82) is 0 Å². The van der Waals surface area contributed by atoms with Gasteiger partial charge in [0, 0.05) is 0 Å². The minimum absolute atomic E-state index is 0.461. The minimum atomic E-state index is 0.461. The Morgan fingerprint density at radius 2 is 1.35 bits per heavy atom. The summed E-state index contributed by atoms with van der Waals surface area (Å²) in [6.45, 7) is 32.1. The van der Waals surface area contributed by atoms with E-state index >= 15 is 0 Å². The molecule has 0 spiro atoms. The van der Waals surface area contributed by atoms with Crippen LogP contribution in [0.25, 0.3) is 0 Å². The van der Waals surface area contributed by atoms with E-state index < -0.39 is 0 Å². The summed E-state index contributed by atoms with van der Waals surface area (Å²) in [6.07, 6.45) is 16.6. The zero-order chi connectivity index (χ0) is 29.4. The third-order valence-electron chi connectivity index (χ3n) is 16.4. The number of hydrogen-bond acceptors (Lipinski definition) is 0. The van der Waals surface area contributed by atoms with Gasteiger partial charge in [0.25, 0.3) is 0 Å². The fourth-order valence-electron chi connectivity index (χ4n) is 14.9. The maximum absolute atomic E-state index is 2.79. The Bertz CT molecular complexity index is 863. The summed E-state index contributed by atoms with van der Waals surface area (Å²) >= 11 is 0. The van der Waals surface area contributed by atoms with Crippen molar-refractivity contribution in [2.24, 2.45) is 99.1 Å². The van der Waals surface area contributed by atoms with E-state index in [4.69, 9.17) is 0 Å². The van der Waals surface area contributed by atoms with Crippen LogP contribution >= 0.6 is 0 Å². The molecule has 0 aromatic heterocycles. The van der Waals surface area contributed by atoms with Crippen LogP contribution in [0, 0.1) is 99.1 Å². The third kappa shape index (κ3) is 5.00. The first-order valence-corrected chi connectivity index (χ1v) is 18.6. The Morgan fingerprint density at radius 3 is 1.98 bits per heavy atom. The van der Waals surface area contributed by atoms with Crippen LogP contribution in [0.4, 0.5) is 0 Å². The van der Waals surface area contributed by atoms with Gasteiger partial charge in [-0.05, 0) is 144 Å². The molecule has 5 aliphatic carbocycles. The fraction of sp³-hybridized carbons (Fsp3) is 1.00. The first-order chi connectivity index (χ1) is 18.6. The lowest BCUT2D eigenvalue weighted by Gasteiger charge is -2.73. The minimum Gasteiger partial charge on any atom is -0.0625 e. The summed E-state index contributed by atoms with van der Waals surface area (Å²) in [6, 6.07) is 0. The van der Waals surface area contributed by atoms with Crippen LogP contribution in [0.15, 0.2) is 0 Å². The van der Waals surface area contributed by atoms with E-state index in [1.807, 2.05) is 0 Å². The standard InChI is InChI=1S/C40H72/c1-24(2)35-27(5)21-39(11)23-38(10)22-34-18-17-33(20-26(4)19-32-15-13-25(3)14-16-32)28(6)36(34)29(7)37(38)31(9)40(39,12)30(35)8/h24-37H,13-23H2,1-12H3. The lowest BCUT2D eigenvalue weighted by molar-refractivity contribution is -0.246. The predicted octanol–water partition coefficient (Wildman–Crippen LogP) is 12.2. The van der Waals surface area contributed by atoms with Gasteiger partial charge in [0.1, 0.15) is 0 Å². The van der Waals surface area contributed by atoms with Crippen LogP contribution < -0.4 is 0 Å². The highest BCUT2D eigenvalue weighted by atomic mass is 14.7. The van der Waals surface area contributed by atoms with E-state index in [0.717, 1.165) is 82.9 Å². The largest absolute Gasteiger partial charge is 0.0625 e. The molecule has 0 bridgehead atoms. The highest BCUT2D eigenvalue weighted by Crippen LogP contribution is 2.75. The molecule has 0 N–H and O–H groups in total. The lowest BCUT2D eigenvalue weighted by atomic mass is 9.32. The van der Waals surface area contributed by atoms with Gasteiger partial charge in [0.15, 0.2) is 0 Å². The normalized spacial score (nSPS) is 55.7. The van der Waals surface area contributed by atoms with E-state index in [-0.39, 0.29) is 0 Å². The summed E-state index contributed by atoms with van der Waals surface area (Å²) < 4.78 is 0. The smallest absolute Gasteiger partial charge is 0.0215 e. The van der Waals surface area contributed by atoms with Gasteiger partial charge in [0.2, 0.25) is 0 Å². The topological polar surface area (TPSA) is 0 Å². The van der Waals surface area contributed by atoms with Crippen LogP contribution in [0.3, 0.4) is 0 Å². The second-order valence-electron chi connectivity index (χ2n) is 19.1. The van der Waals surface area contributed by atoms with Crippen LogP contribution in [0.1, 0.15) is 154 Å². The molecule has 5 aliphatic rings. The highest BCUT2D eigenvalue weighted by molar-refractivity contribution is 5.16. The molecule has 0 heterocycles. The van der Waals surface area contributed by atoms with E-state index in [2.05, 4.69) is 83.1 Å². The molecular formula is C40H72. The molecule has 40 heavy (non-hydrogen) atoms. The average Bonchev–Trinajstić information content (AvgIpc) is 2.84. The van der Waals surface area contributed by atoms with Crippen molar-refractivity contribution >= 4 is 0 Å². The van der Waals surface area contributed by atoms with Gasteiger partial charge >= 0.3 is 0 Å². The summed E-state index contributed by atoms with van der Waals surface area (Å²) in [4.78, 5) is 0. The molecule has 0 heteroatoms. The molecule has 14 unspecified atom stereocenters. The predicted molar refractivity (Wildman–Crippen MR) is 175 cm³/mol. The van der Waals surface area contributed by atoms with E-state index in [1.54, 1.807) is 0 Å². The quantitative estimate of drug-likeness (QED) is 0.318. The monoisotopic (exact) mass is 553 g/mol. The van der Waals surface area contributed by atoms with Crippen LogP contribution in [0.2, 0.25) is 0 Å². The van der Waals surface area contributed by atoms with Crippen molar-refractivity contribution in [3.63, 3.8) is 0 Å². The van der Waals surface area contributed by atoms with Gasteiger partial charge in [-0.15, -0.1) is 0 Å². The van der Waals surface area contributed by atoms with Crippen LogP contribution in [-0.4, -0.2) is 0 Å². The average molecular weight is 553 g/mol. The molecule has 0 aliphatic heterocycles. The maximum atomic E-state index is 2.79. The zero-order valence-electron chi connectivity index (χ0n) is 29.4. The first kappa shape index (κ1) is 31.4. The van der Waals surface area contributed by atoms with Crippen molar-refractivity contribution in [3.8, 4) is 0 Å². The van der Waals surface area contributed by atoms with Crippen molar-refractivity contribution in [2.75, 3.05) is 0 Å². The molecule has 0 aromatic rings. The molecule has 232 valence electrons.